The Bertz CT molecular complexity index is 698. The number of halogens is 1. The highest BCUT2D eigenvalue weighted by Crippen LogP contribution is 2.38. The first-order valence-electron chi connectivity index (χ1n) is 6.31. The Hall–Kier alpha value is -2.01. The summed E-state index contributed by atoms with van der Waals surface area (Å²) < 4.78 is 11.2. The predicted octanol–water partition coefficient (Wildman–Crippen LogP) is 3.59. The fourth-order valence-corrected chi connectivity index (χ4v) is 2.79. The van der Waals surface area contributed by atoms with Gasteiger partial charge < -0.3 is 15.2 Å². The monoisotopic (exact) mass is 349 g/mol. The van der Waals surface area contributed by atoms with E-state index in [-0.39, 0.29) is 5.78 Å². The fraction of sp³-hybridized carbons (Fsp3) is 0.188. The van der Waals surface area contributed by atoms with Gasteiger partial charge in [-0.3, -0.25) is 4.79 Å². The third-order valence-corrected chi connectivity index (χ3v) is 4.10. The highest BCUT2D eigenvalue weighted by atomic mass is 79.9. The fourth-order valence-electron chi connectivity index (χ4n) is 2.12. The average molecular weight is 350 g/mol. The molecular weight excluding hydrogens is 334 g/mol. The van der Waals surface area contributed by atoms with Crippen LogP contribution in [-0.4, -0.2) is 20.0 Å². The standard InChI is InChI=1S/C16H16BrNO3/c1-9-10(5-4-6-12(9)18)15(19)11-7-8-13(20-2)14(17)16(11)21-3/h4-8H,18H2,1-3H3. The van der Waals surface area contributed by atoms with Crippen LogP contribution in [0.15, 0.2) is 34.8 Å². The summed E-state index contributed by atoms with van der Waals surface area (Å²) in [5.41, 5.74) is 8.24. The summed E-state index contributed by atoms with van der Waals surface area (Å²) in [7, 11) is 3.07. The van der Waals surface area contributed by atoms with Crippen molar-refractivity contribution in [3.05, 3.63) is 51.5 Å². The molecule has 2 N–H and O–H groups in total. The molecule has 0 saturated carbocycles. The normalized spacial score (nSPS) is 10.3. The quantitative estimate of drug-likeness (QED) is 0.676. The van der Waals surface area contributed by atoms with Gasteiger partial charge in [0, 0.05) is 11.3 Å². The lowest BCUT2D eigenvalue weighted by molar-refractivity contribution is 0.103. The molecule has 0 radical (unpaired) electrons. The minimum atomic E-state index is -0.139. The van der Waals surface area contributed by atoms with Gasteiger partial charge in [-0.15, -0.1) is 0 Å². The van der Waals surface area contributed by atoms with Gasteiger partial charge in [0.2, 0.25) is 0 Å². The number of carbonyl (C=O) groups excluding carboxylic acids is 1. The molecule has 0 aliphatic rings. The lowest BCUT2D eigenvalue weighted by Gasteiger charge is -2.14. The van der Waals surface area contributed by atoms with Crippen LogP contribution in [-0.2, 0) is 0 Å². The van der Waals surface area contributed by atoms with Crippen molar-refractivity contribution in [2.45, 2.75) is 6.92 Å². The van der Waals surface area contributed by atoms with Crippen LogP contribution in [0.25, 0.3) is 0 Å². The van der Waals surface area contributed by atoms with Crippen molar-refractivity contribution >= 4 is 27.4 Å². The molecule has 0 saturated heterocycles. The average Bonchev–Trinajstić information content (AvgIpc) is 2.49. The number of ether oxygens (including phenoxy) is 2. The van der Waals surface area contributed by atoms with Crippen LogP contribution in [0.1, 0.15) is 21.5 Å². The van der Waals surface area contributed by atoms with Crippen molar-refractivity contribution in [1.29, 1.82) is 0 Å². The number of nitrogens with two attached hydrogens (primary N) is 1. The number of anilines is 1. The number of benzene rings is 2. The maximum absolute atomic E-state index is 12.8. The van der Waals surface area contributed by atoms with Gasteiger partial charge in [-0.2, -0.15) is 0 Å². The van der Waals surface area contributed by atoms with Gasteiger partial charge in [-0.1, -0.05) is 12.1 Å². The van der Waals surface area contributed by atoms with Gasteiger partial charge in [0.1, 0.15) is 16.0 Å². The third kappa shape index (κ3) is 2.74. The molecule has 0 heterocycles. The number of hydrogen-bond donors (Lipinski definition) is 1. The van der Waals surface area contributed by atoms with Gasteiger partial charge in [-0.25, -0.2) is 0 Å². The summed E-state index contributed by atoms with van der Waals surface area (Å²) in [6.45, 7) is 1.83. The van der Waals surface area contributed by atoms with E-state index in [2.05, 4.69) is 15.9 Å². The molecule has 110 valence electrons. The van der Waals surface area contributed by atoms with Crippen LogP contribution < -0.4 is 15.2 Å². The SMILES string of the molecule is COc1ccc(C(=O)c2cccc(N)c2C)c(OC)c1Br. The van der Waals surface area contributed by atoms with Crippen LogP contribution in [0.3, 0.4) is 0 Å². The largest absolute Gasteiger partial charge is 0.495 e. The summed E-state index contributed by atoms with van der Waals surface area (Å²) in [6, 6.07) is 8.70. The first-order valence-corrected chi connectivity index (χ1v) is 7.10. The molecule has 0 aromatic heterocycles. The highest BCUT2D eigenvalue weighted by Gasteiger charge is 2.21. The topological polar surface area (TPSA) is 61.5 Å². The second-order valence-electron chi connectivity index (χ2n) is 4.51. The van der Waals surface area contributed by atoms with Crippen molar-refractivity contribution < 1.29 is 14.3 Å². The smallest absolute Gasteiger partial charge is 0.197 e. The zero-order valence-corrected chi connectivity index (χ0v) is 13.7. The predicted molar refractivity (Wildman–Crippen MR) is 86.3 cm³/mol. The van der Waals surface area contributed by atoms with E-state index in [4.69, 9.17) is 15.2 Å². The zero-order chi connectivity index (χ0) is 15.6. The number of hydrogen-bond acceptors (Lipinski definition) is 4. The second kappa shape index (κ2) is 6.18. The molecule has 0 unspecified atom stereocenters. The molecule has 2 aromatic rings. The van der Waals surface area contributed by atoms with E-state index in [9.17, 15) is 4.79 Å². The number of carbonyl (C=O) groups is 1. The van der Waals surface area contributed by atoms with Crippen molar-refractivity contribution in [1.82, 2.24) is 0 Å². The van der Waals surface area contributed by atoms with E-state index >= 15 is 0 Å². The maximum atomic E-state index is 12.8. The van der Waals surface area contributed by atoms with Crippen molar-refractivity contribution in [3.8, 4) is 11.5 Å². The summed E-state index contributed by atoms with van der Waals surface area (Å²) in [6.07, 6.45) is 0. The van der Waals surface area contributed by atoms with Crippen LogP contribution in [0.4, 0.5) is 5.69 Å². The van der Waals surface area contributed by atoms with E-state index in [1.165, 1.54) is 7.11 Å². The molecule has 0 atom stereocenters. The molecule has 0 fully saturated rings. The Labute approximate surface area is 132 Å². The van der Waals surface area contributed by atoms with Crippen molar-refractivity contribution in [2.24, 2.45) is 0 Å². The molecule has 0 bridgehead atoms. The van der Waals surface area contributed by atoms with Gasteiger partial charge >= 0.3 is 0 Å². The number of ketones is 1. The van der Waals surface area contributed by atoms with Crippen molar-refractivity contribution in [2.75, 3.05) is 20.0 Å². The van der Waals surface area contributed by atoms with Gasteiger partial charge in [0.25, 0.3) is 0 Å². The van der Waals surface area contributed by atoms with E-state index in [0.717, 1.165) is 5.56 Å². The van der Waals surface area contributed by atoms with E-state index in [1.807, 2.05) is 6.92 Å². The zero-order valence-electron chi connectivity index (χ0n) is 12.1. The van der Waals surface area contributed by atoms with Crippen LogP contribution >= 0.6 is 15.9 Å². The Morgan fingerprint density at radius 2 is 1.81 bits per heavy atom. The number of rotatable bonds is 4. The Balaban J connectivity index is 2.59. The Morgan fingerprint density at radius 3 is 2.43 bits per heavy atom. The minimum Gasteiger partial charge on any atom is -0.495 e. The molecule has 5 heteroatoms. The molecule has 4 nitrogen and oxygen atoms in total. The molecule has 0 aliphatic carbocycles. The van der Waals surface area contributed by atoms with Gasteiger partial charge in [-0.05, 0) is 46.6 Å². The van der Waals surface area contributed by atoms with Crippen LogP contribution in [0, 0.1) is 6.92 Å². The summed E-state index contributed by atoms with van der Waals surface area (Å²) in [5, 5.41) is 0. The number of nitrogen functional groups attached to an aromatic ring is 1. The third-order valence-electron chi connectivity index (χ3n) is 3.35. The Kier molecular flexibility index (Phi) is 4.53. The molecular formula is C16H16BrNO3. The van der Waals surface area contributed by atoms with E-state index < -0.39 is 0 Å². The van der Waals surface area contributed by atoms with Crippen molar-refractivity contribution in [3.63, 3.8) is 0 Å². The van der Waals surface area contributed by atoms with Gasteiger partial charge in [0.15, 0.2) is 5.78 Å². The first kappa shape index (κ1) is 15.4. The molecule has 0 aliphatic heterocycles. The molecule has 0 amide bonds. The molecule has 0 spiro atoms. The number of methoxy groups -OCH3 is 2. The second-order valence-corrected chi connectivity index (χ2v) is 5.30. The van der Waals surface area contributed by atoms with Crippen LogP contribution in [0.2, 0.25) is 0 Å². The first-order chi connectivity index (χ1) is 10.0. The molecule has 2 aromatic carbocycles. The summed E-state index contributed by atoms with van der Waals surface area (Å²) in [4.78, 5) is 12.8. The maximum Gasteiger partial charge on any atom is 0.197 e. The molecule has 2 rings (SSSR count). The lowest BCUT2D eigenvalue weighted by Crippen LogP contribution is -2.08. The lowest BCUT2D eigenvalue weighted by atomic mass is 9.97. The Morgan fingerprint density at radius 1 is 1.10 bits per heavy atom. The van der Waals surface area contributed by atoms with Crippen LogP contribution in [0.5, 0.6) is 11.5 Å². The summed E-state index contributed by atoms with van der Waals surface area (Å²) in [5.74, 6) is 0.911. The van der Waals surface area contributed by atoms with E-state index in [1.54, 1.807) is 37.4 Å². The molecule has 21 heavy (non-hydrogen) atoms. The van der Waals surface area contributed by atoms with Gasteiger partial charge in [0.05, 0.1) is 19.8 Å². The summed E-state index contributed by atoms with van der Waals surface area (Å²) >= 11 is 3.40. The highest BCUT2D eigenvalue weighted by molar-refractivity contribution is 9.10. The minimum absolute atomic E-state index is 0.139. The van der Waals surface area contributed by atoms with E-state index in [0.29, 0.717) is 32.8 Å².